The fourth-order valence-corrected chi connectivity index (χ4v) is 5.09. The average Bonchev–Trinajstić information content (AvgIpc) is 3.60. The molecular weight excluding hydrogens is 420 g/mol. The molecule has 0 aliphatic heterocycles. The molecule has 2 aromatic heterocycles. The van der Waals surface area contributed by atoms with Crippen molar-refractivity contribution in [3.05, 3.63) is 76.4 Å². The van der Waals surface area contributed by atoms with Crippen LogP contribution < -0.4 is 10.2 Å². The van der Waals surface area contributed by atoms with Gasteiger partial charge in [-0.05, 0) is 66.5 Å². The van der Waals surface area contributed by atoms with E-state index in [1.807, 2.05) is 41.8 Å². The van der Waals surface area contributed by atoms with Crippen molar-refractivity contribution in [1.82, 2.24) is 5.32 Å². The summed E-state index contributed by atoms with van der Waals surface area (Å²) in [7, 11) is 0. The van der Waals surface area contributed by atoms with Gasteiger partial charge in [0.25, 0.3) is 5.91 Å². The predicted octanol–water partition coefficient (Wildman–Crippen LogP) is 6.30. The fraction of sp³-hybridized carbons (Fsp3) is 0.385. The number of hydrogen-bond acceptors (Lipinski definition) is 4. The van der Waals surface area contributed by atoms with Crippen LogP contribution in [-0.2, 0) is 4.79 Å². The normalized spacial score (nSPS) is 15.9. The van der Waals surface area contributed by atoms with Crippen LogP contribution in [0, 0.1) is 0 Å². The molecule has 1 aliphatic carbocycles. The highest BCUT2D eigenvalue weighted by molar-refractivity contribution is 7.10. The summed E-state index contributed by atoms with van der Waals surface area (Å²) in [5.74, 6) is 0.166. The van der Waals surface area contributed by atoms with E-state index in [2.05, 4.69) is 19.2 Å². The molecule has 1 aromatic carbocycles. The zero-order valence-electron chi connectivity index (χ0n) is 18.6. The van der Waals surface area contributed by atoms with Crippen LogP contribution in [0.1, 0.15) is 78.9 Å². The molecule has 3 aromatic rings. The molecule has 168 valence electrons. The Morgan fingerprint density at radius 1 is 1.12 bits per heavy atom. The van der Waals surface area contributed by atoms with E-state index in [1.165, 1.54) is 23.2 Å². The maximum absolute atomic E-state index is 13.6. The SMILES string of the molecule is CCC(C)c1ccc(N(C(=O)c2ccco2)C(C(=O)NC2CCCC2)c2cccs2)cc1. The molecule has 1 N–H and O–H groups in total. The number of anilines is 1. The first kappa shape index (κ1) is 22.3. The van der Waals surface area contributed by atoms with E-state index in [-0.39, 0.29) is 23.6 Å². The molecule has 0 radical (unpaired) electrons. The molecule has 6 heteroatoms. The van der Waals surface area contributed by atoms with Gasteiger partial charge in [0.1, 0.15) is 0 Å². The Morgan fingerprint density at radius 2 is 1.88 bits per heavy atom. The van der Waals surface area contributed by atoms with Crippen LogP contribution in [0.2, 0.25) is 0 Å². The number of carbonyl (C=O) groups excluding carboxylic acids is 2. The number of rotatable bonds is 8. The summed E-state index contributed by atoms with van der Waals surface area (Å²) >= 11 is 1.48. The minimum absolute atomic E-state index is 0.148. The van der Waals surface area contributed by atoms with Crippen molar-refractivity contribution in [2.45, 2.75) is 64.0 Å². The van der Waals surface area contributed by atoms with Gasteiger partial charge in [-0.2, -0.15) is 0 Å². The number of carbonyl (C=O) groups is 2. The molecule has 2 amide bonds. The quantitative estimate of drug-likeness (QED) is 0.438. The zero-order chi connectivity index (χ0) is 22.5. The standard InChI is InChI=1S/C26H30N2O3S/c1-3-18(2)19-12-14-21(15-13-19)28(26(30)22-10-6-16-31-22)24(23-11-7-17-32-23)25(29)27-20-8-4-5-9-20/h6-7,10-18,20,24H,3-5,8-9H2,1-2H3,(H,27,29). The van der Waals surface area contributed by atoms with Crippen LogP contribution in [0.15, 0.2) is 64.6 Å². The van der Waals surface area contributed by atoms with Gasteiger partial charge in [-0.1, -0.05) is 44.9 Å². The van der Waals surface area contributed by atoms with Gasteiger partial charge in [-0.3, -0.25) is 14.5 Å². The third-order valence-electron chi connectivity index (χ3n) is 6.32. The first-order valence-corrected chi connectivity index (χ1v) is 12.3. The first-order chi connectivity index (χ1) is 15.6. The van der Waals surface area contributed by atoms with Gasteiger partial charge in [-0.15, -0.1) is 11.3 Å². The summed E-state index contributed by atoms with van der Waals surface area (Å²) in [5.41, 5.74) is 1.89. The second-order valence-corrected chi connectivity index (χ2v) is 9.44. The van der Waals surface area contributed by atoms with Crippen molar-refractivity contribution in [3.8, 4) is 0 Å². The number of benzene rings is 1. The lowest BCUT2D eigenvalue weighted by Crippen LogP contribution is -2.46. The van der Waals surface area contributed by atoms with Gasteiger partial charge in [0.2, 0.25) is 5.91 Å². The lowest BCUT2D eigenvalue weighted by Gasteiger charge is -2.31. The maximum Gasteiger partial charge on any atom is 0.295 e. The van der Waals surface area contributed by atoms with Gasteiger partial charge in [0.15, 0.2) is 11.8 Å². The molecule has 0 saturated heterocycles. The summed E-state index contributed by atoms with van der Waals surface area (Å²) in [4.78, 5) is 29.6. The van der Waals surface area contributed by atoms with Crippen LogP contribution in [0.4, 0.5) is 5.69 Å². The number of furan rings is 1. The molecule has 2 unspecified atom stereocenters. The molecule has 2 atom stereocenters. The van der Waals surface area contributed by atoms with Crippen LogP contribution in [0.3, 0.4) is 0 Å². The molecule has 5 nitrogen and oxygen atoms in total. The van der Waals surface area contributed by atoms with E-state index in [4.69, 9.17) is 4.42 Å². The van der Waals surface area contributed by atoms with Crippen molar-refractivity contribution in [2.24, 2.45) is 0 Å². The Hall–Kier alpha value is -2.86. The predicted molar refractivity (Wildman–Crippen MR) is 128 cm³/mol. The summed E-state index contributed by atoms with van der Waals surface area (Å²) in [6.45, 7) is 4.34. The molecule has 32 heavy (non-hydrogen) atoms. The molecule has 1 fully saturated rings. The van der Waals surface area contributed by atoms with Crippen molar-refractivity contribution in [1.29, 1.82) is 0 Å². The van der Waals surface area contributed by atoms with Gasteiger partial charge in [0, 0.05) is 16.6 Å². The Labute approximate surface area is 193 Å². The third kappa shape index (κ3) is 4.80. The number of nitrogens with one attached hydrogen (secondary N) is 1. The first-order valence-electron chi connectivity index (χ1n) is 11.4. The Morgan fingerprint density at radius 3 is 2.47 bits per heavy atom. The van der Waals surface area contributed by atoms with E-state index < -0.39 is 6.04 Å². The summed E-state index contributed by atoms with van der Waals surface area (Å²) in [5, 5.41) is 5.14. The second-order valence-electron chi connectivity index (χ2n) is 8.46. The van der Waals surface area contributed by atoms with Gasteiger partial charge in [0.05, 0.1) is 6.26 Å². The highest BCUT2D eigenvalue weighted by Gasteiger charge is 2.36. The van der Waals surface area contributed by atoms with E-state index in [0.29, 0.717) is 11.6 Å². The fourth-order valence-electron chi connectivity index (χ4n) is 4.27. The Kier molecular flexibility index (Phi) is 7.10. The van der Waals surface area contributed by atoms with Gasteiger partial charge < -0.3 is 9.73 Å². The minimum atomic E-state index is -0.761. The molecule has 0 bridgehead atoms. The van der Waals surface area contributed by atoms with E-state index in [1.54, 1.807) is 17.0 Å². The van der Waals surface area contributed by atoms with Crippen molar-refractivity contribution in [2.75, 3.05) is 4.90 Å². The highest BCUT2D eigenvalue weighted by Crippen LogP contribution is 2.34. The minimum Gasteiger partial charge on any atom is -0.459 e. The lowest BCUT2D eigenvalue weighted by molar-refractivity contribution is -0.123. The smallest absolute Gasteiger partial charge is 0.295 e. The number of thiophene rings is 1. The molecule has 1 saturated carbocycles. The molecular formula is C26H30N2O3S. The van der Waals surface area contributed by atoms with Crippen LogP contribution in [-0.4, -0.2) is 17.9 Å². The molecule has 4 rings (SSSR count). The van der Waals surface area contributed by atoms with Crippen molar-refractivity contribution < 1.29 is 14.0 Å². The summed E-state index contributed by atoms with van der Waals surface area (Å²) in [6, 6.07) is 14.5. The van der Waals surface area contributed by atoms with Gasteiger partial charge >= 0.3 is 0 Å². The topological polar surface area (TPSA) is 62.6 Å². The monoisotopic (exact) mass is 450 g/mol. The largest absolute Gasteiger partial charge is 0.459 e. The maximum atomic E-state index is 13.6. The Balaban J connectivity index is 1.74. The zero-order valence-corrected chi connectivity index (χ0v) is 19.4. The highest BCUT2D eigenvalue weighted by atomic mass is 32.1. The Bertz CT molecular complexity index is 1010. The van der Waals surface area contributed by atoms with Crippen molar-refractivity contribution in [3.63, 3.8) is 0 Å². The van der Waals surface area contributed by atoms with Crippen LogP contribution >= 0.6 is 11.3 Å². The summed E-state index contributed by atoms with van der Waals surface area (Å²) < 4.78 is 5.44. The van der Waals surface area contributed by atoms with E-state index >= 15 is 0 Å². The average molecular weight is 451 g/mol. The summed E-state index contributed by atoms with van der Waals surface area (Å²) in [6.07, 6.45) is 6.74. The molecule has 0 spiro atoms. The molecule has 1 aliphatic rings. The number of nitrogens with zero attached hydrogens (tertiary/aromatic N) is 1. The van der Waals surface area contributed by atoms with E-state index in [0.717, 1.165) is 37.0 Å². The molecule has 2 heterocycles. The third-order valence-corrected chi connectivity index (χ3v) is 7.25. The van der Waals surface area contributed by atoms with Crippen molar-refractivity contribution >= 4 is 28.8 Å². The van der Waals surface area contributed by atoms with E-state index in [9.17, 15) is 9.59 Å². The van der Waals surface area contributed by atoms with Crippen LogP contribution in [0.5, 0.6) is 0 Å². The number of amides is 2. The second kappa shape index (κ2) is 10.2. The lowest BCUT2D eigenvalue weighted by atomic mass is 9.98. The van der Waals surface area contributed by atoms with Crippen LogP contribution in [0.25, 0.3) is 0 Å². The van der Waals surface area contributed by atoms with Gasteiger partial charge in [-0.25, -0.2) is 0 Å². The number of hydrogen-bond donors (Lipinski definition) is 1.